The molecule has 3 nitrogen and oxygen atoms in total. The summed E-state index contributed by atoms with van der Waals surface area (Å²) in [4.78, 5) is 12.1. The molecule has 0 spiro atoms. The summed E-state index contributed by atoms with van der Waals surface area (Å²) in [5.41, 5.74) is 8.69. The topological polar surface area (TPSA) is 55.1 Å². The van der Waals surface area contributed by atoms with Crippen LogP contribution in [0.5, 0.6) is 0 Å². The third-order valence-electron chi connectivity index (χ3n) is 3.41. The van der Waals surface area contributed by atoms with Crippen molar-refractivity contribution in [2.75, 3.05) is 6.54 Å². The number of hydrogen-bond acceptors (Lipinski definition) is 2. The van der Waals surface area contributed by atoms with E-state index in [2.05, 4.69) is 5.32 Å². The van der Waals surface area contributed by atoms with Crippen LogP contribution in [-0.4, -0.2) is 12.5 Å². The Morgan fingerprint density at radius 1 is 1.24 bits per heavy atom. The Bertz CT molecular complexity index is 613. The van der Waals surface area contributed by atoms with Gasteiger partial charge in [0.1, 0.15) is 0 Å². The number of benzene rings is 2. The second-order valence-electron chi connectivity index (χ2n) is 5.02. The molecular formula is C17H19ClN2O. The van der Waals surface area contributed by atoms with Gasteiger partial charge in [-0.3, -0.25) is 4.79 Å². The van der Waals surface area contributed by atoms with E-state index < -0.39 is 0 Å². The summed E-state index contributed by atoms with van der Waals surface area (Å²) >= 11 is 5.93. The minimum Gasteiger partial charge on any atom is -0.352 e. The minimum absolute atomic E-state index is 0.0769. The molecule has 110 valence electrons. The molecule has 0 saturated carbocycles. The SMILES string of the molecule is Cc1ccc(Cl)cc1C(=O)NCCC(N)c1ccccc1. The lowest BCUT2D eigenvalue weighted by atomic mass is 10.0. The lowest BCUT2D eigenvalue weighted by molar-refractivity contribution is 0.0952. The van der Waals surface area contributed by atoms with E-state index in [-0.39, 0.29) is 11.9 Å². The molecule has 1 unspecified atom stereocenters. The lowest BCUT2D eigenvalue weighted by Gasteiger charge is -2.13. The van der Waals surface area contributed by atoms with E-state index in [1.165, 1.54) is 0 Å². The summed E-state index contributed by atoms with van der Waals surface area (Å²) in [6, 6.07) is 15.1. The van der Waals surface area contributed by atoms with Crippen molar-refractivity contribution in [3.8, 4) is 0 Å². The van der Waals surface area contributed by atoms with Crippen LogP contribution >= 0.6 is 11.6 Å². The molecule has 1 amide bonds. The molecule has 0 radical (unpaired) electrons. The van der Waals surface area contributed by atoms with Gasteiger partial charge in [0.2, 0.25) is 0 Å². The maximum absolute atomic E-state index is 12.1. The average molecular weight is 303 g/mol. The van der Waals surface area contributed by atoms with Crippen molar-refractivity contribution < 1.29 is 4.79 Å². The van der Waals surface area contributed by atoms with Gasteiger partial charge in [-0.2, -0.15) is 0 Å². The summed E-state index contributed by atoms with van der Waals surface area (Å²) in [5, 5.41) is 3.45. The van der Waals surface area contributed by atoms with Crippen molar-refractivity contribution in [2.24, 2.45) is 5.73 Å². The van der Waals surface area contributed by atoms with Crippen molar-refractivity contribution >= 4 is 17.5 Å². The van der Waals surface area contributed by atoms with Gasteiger partial charge in [-0.25, -0.2) is 0 Å². The van der Waals surface area contributed by atoms with E-state index in [1.807, 2.05) is 43.3 Å². The Morgan fingerprint density at radius 2 is 1.95 bits per heavy atom. The number of nitrogens with one attached hydrogen (secondary N) is 1. The molecule has 21 heavy (non-hydrogen) atoms. The maximum atomic E-state index is 12.1. The predicted octanol–water partition coefficient (Wildman–Crippen LogP) is 3.47. The van der Waals surface area contributed by atoms with Crippen LogP contribution in [0.1, 0.15) is 33.9 Å². The number of amides is 1. The van der Waals surface area contributed by atoms with Crippen LogP contribution in [-0.2, 0) is 0 Å². The van der Waals surface area contributed by atoms with E-state index >= 15 is 0 Å². The second-order valence-corrected chi connectivity index (χ2v) is 5.46. The number of nitrogens with two attached hydrogens (primary N) is 1. The standard InChI is InChI=1S/C17H19ClN2O/c1-12-7-8-14(18)11-15(12)17(21)20-10-9-16(19)13-5-3-2-4-6-13/h2-8,11,16H,9-10,19H2,1H3,(H,20,21). The Labute approximate surface area is 130 Å². The first-order chi connectivity index (χ1) is 10.1. The number of hydrogen-bond donors (Lipinski definition) is 2. The molecule has 0 fully saturated rings. The van der Waals surface area contributed by atoms with Crippen molar-refractivity contribution in [3.05, 3.63) is 70.2 Å². The molecule has 0 heterocycles. The number of aryl methyl sites for hydroxylation is 1. The molecular weight excluding hydrogens is 284 g/mol. The molecule has 3 N–H and O–H groups in total. The highest BCUT2D eigenvalue weighted by molar-refractivity contribution is 6.31. The van der Waals surface area contributed by atoms with Crippen LogP contribution in [0.25, 0.3) is 0 Å². The molecule has 0 aliphatic carbocycles. The Balaban J connectivity index is 1.88. The molecule has 2 rings (SSSR count). The maximum Gasteiger partial charge on any atom is 0.251 e. The van der Waals surface area contributed by atoms with E-state index in [0.29, 0.717) is 23.6 Å². The Morgan fingerprint density at radius 3 is 2.67 bits per heavy atom. The van der Waals surface area contributed by atoms with Crippen LogP contribution in [0.2, 0.25) is 5.02 Å². The summed E-state index contributed by atoms with van der Waals surface area (Å²) < 4.78 is 0. The highest BCUT2D eigenvalue weighted by Gasteiger charge is 2.10. The van der Waals surface area contributed by atoms with Crippen molar-refractivity contribution in [3.63, 3.8) is 0 Å². The number of rotatable bonds is 5. The van der Waals surface area contributed by atoms with Gasteiger partial charge < -0.3 is 11.1 Å². The van der Waals surface area contributed by atoms with Crippen molar-refractivity contribution in [2.45, 2.75) is 19.4 Å². The van der Waals surface area contributed by atoms with Gasteiger partial charge in [-0.15, -0.1) is 0 Å². The van der Waals surface area contributed by atoms with E-state index in [0.717, 1.165) is 11.1 Å². The summed E-state index contributed by atoms with van der Waals surface area (Å²) in [6.45, 7) is 2.42. The number of carbonyl (C=O) groups excluding carboxylic acids is 1. The van der Waals surface area contributed by atoms with Crippen LogP contribution in [0.3, 0.4) is 0 Å². The van der Waals surface area contributed by atoms with Gasteiger partial charge in [-0.05, 0) is 36.6 Å². The van der Waals surface area contributed by atoms with Gasteiger partial charge in [0.15, 0.2) is 0 Å². The summed E-state index contributed by atoms with van der Waals surface area (Å²) in [5.74, 6) is -0.115. The monoisotopic (exact) mass is 302 g/mol. The molecule has 4 heteroatoms. The first kappa shape index (κ1) is 15.5. The Kier molecular flexibility index (Phi) is 5.37. The first-order valence-electron chi connectivity index (χ1n) is 6.93. The third-order valence-corrected chi connectivity index (χ3v) is 3.65. The van der Waals surface area contributed by atoms with Crippen molar-refractivity contribution in [1.29, 1.82) is 0 Å². The molecule has 0 bridgehead atoms. The van der Waals surface area contributed by atoms with Crippen LogP contribution in [0.4, 0.5) is 0 Å². The highest BCUT2D eigenvalue weighted by Crippen LogP contribution is 2.16. The van der Waals surface area contributed by atoms with Gasteiger partial charge in [0.25, 0.3) is 5.91 Å². The fraction of sp³-hybridized carbons (Fsp3) is 0.235. The van der Waals surface area contributed by atoms with E-state index in [4.69, 9.17) is 17.3 Å². The molecule has 2 aromatic rings. The zero-order valence-corrected chi connectivity index (χ0v) is 12.7. The summed E-state index contributed by atoms with van der Waals surface area (Å²) in [6.07, 6.45) is 0.690. The number of halogens is 1. The highest BCUT2D eigenvalue weighted by atomic mass is 35.5. The van der Waals surface area contributed by atoms with Gasteiger partial charge >= 0.3 is 0 Å². The zero-order valence-electron chi connectivity index (χ0n) is 12.0. The van der Waals surface area contributed by atoms with E-state index in [9.17, 15) is 4.79 Å². The lowest BCUT2D eigenvalue weighted by Crippen LogP contribution is -2.27. The average Bonchev–Trinajstić information content (AvgIpc) is 2.50. The summed E-state index contributed by atoms with van der Waals surface area (Å²) in [7, 11) is 0. The van der Waals surface area contributed by atoms with Gasteiger partial charge in [-0.1, -0.05) is 48.0 Å². The molecule has 1 atom stereocenters. The van der Waals surface area contributed by atoms with E-state index in [1.54, 1.807) is 12.1 Å². The fourth-order valence-corrected chi connectivity index (χ4v) is 2.31. The first-order valence-corrected chi connectivity index (χ1v) is 7.30. The minimum atomic E-state index is -0.115. The smallest absolute Gasteiger partial charge is 0.251 e. The zero-order chi connectivity index (χ0) is 15.2. The molecule has 0 aromatic heterocycles. The molecule has 0 aliphatic heterocycles. The van der Waals surface area contributed by atoms with Crippen LogP contribution in [0.15, 0.2) is 48.5 Å². The molecule has 0 aliphatic rings. The van der Waals surface area contributed by atoms with Gasteiger partial charge in [0, 0.05) is 23.2 Å². The predicted molar refractivity (Wildman–Crippen MR) is 86.5 cm³/mol. The van der Waals surface area contributed by atoms with Gasteiger partial charge in [0.05, 0.1) is 0 Å². The normalized spacial score (nSPS) is 12.0. The number of carbonyl (C=O) groups is 1. The largest absolute Gasteiger partial charge is 0.352 e. The Hall–Kier alpha value is -1.84. The van der Waals surface area contributed by atoms with Crippen LogP contribution in [0, 0.1) is 6.92 Å². The van der Waals surface area contributed by atoms with Crippen LogP contribution < -0.4 is 11.1 Å². The van der Waals surface area contributed by atoms with Crippen molar-refractivity contribution in [1.82, 2.24) is 5.32 Å². The molecule has 2 aromatic carbocycles. The quantitative estimate of drug-likeness (QED) is 0.888. The molecule has 0 saturated heterocycles. The fourth-order valence-electron chi connectivity index (χ4n) is 2.14. The second kappa shape index (κ2) is 7.25. The third kappa shape index (κ3) is 4.31.